The van der Waals surface area contributed by atoms with Gasteiger partial charge in [0.1, 0.15) is 0 Å². The highest BCUT2D eigenvalue weighted by molar-refractivity contribution is 6.00. The van der Waals surface area contributed by atoms with Crippen LogP contribution in [0, 0.1) is 13.8 Å². The largest absolute Gasteiger partial charge is 0.345 e. The molecule has 2 N–H and O–H groups in total. The Morgan fingerprint density at radius 3 is 2.71 bits per heavy atom. The number of nitrogens with one attached hydrogen (secondary N) is 2. The topological polar surface area (TPSA) is 89.7 Å². The van der Waals surface area contributed by atoms with E-state index in [1.807, 2.05) is 37.0 Å². The molecular weight excluding hydrogens is 438 g/mol. The van der Waals surface area contributed by atoms with Crippen LogP contribution < -0.4 is 10.6 Å². The molecule has 1 unspecified atom stereocenters. The molecule has 0 spiro atoms. The number of carbonyl (C=O) groups is 1. The summed E-state index contributed by atoms with van der Waals surface area (Å²) < 4.78 is 3.98. The van der Waals surface area contributed by atoms with Gasteiger partial charge in [-0.3, -0.25) is 4.79 Å². The van der Waals surface area contributed by atoms with Crippen LogP contribution in [0.2, 0.25) is 0 Å². The van der Waals surface area contributed by atoms with Crippen LogP contribution >= 0.6 is 0 Å². The third-order valence-electron chi connectivity index (χ3n) is 7.00. The zero-order valence-electron chi connectivity index (χ0n) is 20.5. The van der Waals surface area contributed by atoms with Gasteiger partial charge < -0.3 is 15.2 Å². The number of amides is 1. The molecule has 8 nitrogen and oxygen atoms in total. The fraction of sp³-hybridized carbons (Fsp3) is 0.333. The van der Waals surface area contributed by atoms with Crippen LogP contribution in [-0.4, -0.2) is 30.2 Å². The zero-order chi connectivity index (χ0) is 24.3. The van der Waals surface area contributed by atoms with Crippen molar-refractivity contribution >= 4 is 17.5 Å². The first-order chi connectivity index (χ1) is 16.9. The van der Waals surface area contributed by atoms with Crippen LogP contribution in [0.4, 0.5) is 11.6 Å². The Labute approximate surface area is 204 Å². The first-order valence-electron chi connectivity index (χ1n) is 12.2. The van der Waals surface area contributed by atoms with E-state index in [0.717, 1.165) is 39.2 Å². The first kappa shape index (κ1) is 21.6. The number of hydrogen-bond donors (Lipinski definition) is 2. The number of carbonyl (C=O) groups excluding carboxylic acids is 1. The summed E-state index contributed by atoms with van der Waals surface area (Å²) in [7, 11) is 0. The Morgan fingerprint density at radius 1 is 1.14 bits per heavy atom. The summed E-state index contributed by atoms with van der Waals surface area (Å²) in [6.07, 6.45) is 6.55. The van der Waals surface area contributed by atoms with Gasteiger partial charge in [-0.05, 0) is 87.6 Å². The maximum absolute atomic E-state index is 12.2. The lowest BCUT2D eigenvalue weighted by Crippen LogP contribution is -2.16. The van der Waals surface area contributed by atoms with E-state index in [1.54, 1.807) is 0 Å². The van der Waals surface area contributed by atoms with Gasteiger partial charge in [0.25, 0.3) is 5.91 Å². The molecule has 2 aliphatic rings. The summed E-state index contributed by atoms with van der Waals surface area (Å²) in [6, 6.07) is 10.3. The summed E-state index contributed by atoms with van der Waals surface area (Å²) in [5.74, 6) is 1.98. The SMILES string of the molecule is CCn1nc(-c2ccc(-n3cnc(C4CC4)c3)c(C)c2)nc1Nc1cc2c(cc1C)C(=O)NC2C. The molecule has 1 aliphatic heterocycles. The van der Waals surface area contributed by atoms with Crippen molar-refractivity contribution in [2.24, 2.45) is 0 Å². The standard InChI is InChI=1S/C27H29N7O/c1-5-34-27(30-22-12-20-17(4)29-26(35)21(20)11-15(22)2)31-25(32-34)19-8-9-24(16(3)10-19)33-13-23(28-14-33)18-6-7-18/h8-14,17-18H,5-7H2,1-4H3,(H,29,35)(H,30,31,32). The van der Waals surface area contributed by atoms with Crippen molar-refractivity contribution in [1.82, 2.24) is 29.6 Å². The lowest BCUT2D eigenvalue weighted by Gasteiger charge is -2.12. The number of aryl methyl sites for hydroxylation is 3. The molecular formula is C27H29N7O. The third-order valence-corrected chi connectivity index (χ3v) is 7.00. The quantitative estimate of drug-likeness (QED) is 0.407. The lowest BCUT2D eigenvalue weighted by molar-refractivity contribution is 0.0958. The van der Waals surface area contributed by atoms with E-state index >= 15 is 0 Å². The maximum atomic E-state index is 12.2. The van der Waals surface area contributed by atoms with Gasteiger partial charge in [-0.25, -0.2) is 9.67 Å². The number of anilines is 2. The number of benzene rings is 2. The van der Waals surface area contributed by atoms with Crippen LogP contribution in [0.1, 0.15) is 71.4 Å². The average Bonchev–Trinajstić information content (AvgIpc) is 3.32. The molecule has 0 radical (unpaired) electrons. The van der Waals surface area contributed by atoms with E-state index in [0.29, 0.717) is 24.2 Å². The van der Waals surface area contributed by atoms with E-state index in [9.17, 15) is 4.79 Å². The molecule has 2 aromatic carbocycles. The molecule has 0 bridgehead atoms. The molecule has 1 fully saturated rings. The average molecular weight is 468 g/mol. The predicted octanol–water partition coefficient (Wildman–Crippen LogP) is 5.19. The Hall–Kier alpha value is -3.94. The summed E-state index contributed by atoms with van der Waals surface area (Å²) >= 11 is 0. The molecule has 35 heavy (non-hydrogen) atoms. The highest BCUT2D eigenvalue weighted by Gasteiger charge is 2.27. The van der Waals surface area contributed by atoms with Gasteiger partial charge in [-0.1, -0.05) is 0 Å². The minimum Gasteiger partial charge on any atom is -0.345 e. The fourth-order valence-electron chi connectivity index (χ4n) is 4.81. The van der Waals surface area contributed by atoms with Crippen LogP contribution in [0.15, 0.2) is 42.9 Å². The molecule has 1 amide bonds. The van der Waals surface area contributed by atoms with Crippen molar-refractivity contribution in [3.05, 3.63) is 70.8 Å². The molecule has 2 aromatic heterocycles. The minimum atomic E-state index is -0.0144. The molecule has 6 rings (SSSR count). The van der Waals surface area contributed by atoms with Gasteiger partial charge in [-0.2, -0.15) is 4.98 Å². The Balaban J connectivity index is 1.30. The summed E-state index contributed by atoms with van der Waals surface area (Å²) in [6.45, 7) is 8.84. The van der Waals surface area contributed by atoms with Gasteiger partial charge in [0, 0.05) is 41.2 Å². The first-order valence-corrected chi connectivity index (χ1v) is 12.2. The number of hydrogen-bond acceptors (Lipinski definition) is 5. The molecule has 1 aliphatic carbocycles. The number of fused-ring (bicyclic) bond motifs is 1. The van der Waals surface area contributed by atoms with Crippen LogP contribution in [-0.2, 0) is 6.54 Å². The second-order valence-corrected chi connectivity index (χ2v) is 9.63. The van der Waals surface area contributed by atoms with E-state index in [2.05, 4.69) is 58.4 Å². The zero-order valence-corrected chi connectivity index (χ0v) is 20.5. The van der Waals surface area contributed by atoms with Crippen LogP contribution in [0.3, 0.4) is 0 Å². The molecule has 8 heteroatoms. The maximum Gasteiger partial charge on any atom is 0.252 e. The summed E-state index contributed by atoms with van der Waals surface area (Å²) in [5, 5.41) is 11.2. The fourth-order valence-corrected chi connectivity index (χ4v) is 4.81. The van der Waals surface area contributed by atoms with Crippen molar-refractivity contribution in [2.45, 2.75) is 59.0 Å². The number of aromatic nitrogens is 5. The van der Waals surface area contributed by atoms with Crippen molar-refractivity contribution in [3.8, 4) is 17.1 Å². The van der Waals surface area contributed by atoms with Gasteiger partial charge in [0.05, 0.1) is 18.1 Å². The molecule has 178 valence electrons. The number of rotatable bonds is 6. The highest BCUT2D eigenvalue weighted by atomic mass is 16.2. The Morgan fingerprint density at radius 2 is 1.97 bits per heavy atom. The molecule has 0 saturated heterocycles. The highest BCUT2D eigenvalue weighted by Crippen LogP contribution is 2.39. The van der Waals surface area contributed by atoms with E-state index in [1.165, 1.54) is 18.5 Å². The normalized spacial score (nSPS) is 16.9. The Bertz CT molecular complexity index is 1460. The van der Waals surface area contributed by atoms with Crippen molar-refractivity contribution in [1.29, 1.82) is 0 Å². The lowest BCUT2D eigenvalue weighted by atomic mass is 10.0. The molecule has 1 atom stereocenters. The van der Waals surface area contributed by atoms with E-state index < -0.39 is 0 Å². The molecule has 4 aromatic rings. The Kier molecular flexibility index (Phi) is 4.98. The second kappa shape index (κ2) is 8.08. The second-order valence-electron chi connectivity index (χ2n) is 9.63. The summed E-state index contributed by atoms with van der Waals surface area (Å²) in [5.41, 5.74) is 8.09. The van der Waals surface area contributed by atoms with Gasteiger partial charge >= 0.3 is 0 Å². The predicted molar refractivity (Wildman–Crippen MR) is 135 cm³/mol. The smallest absolute Gasteiger partial charge is 0.252 e. The van der Waals surface area contributed by atoms with Gasteiger partial charge in [0.15, 0.2) is 5.82 Å². The van der Waals surface area contributed by atoms with Crippen molar-refractivity contribution < 1.29 is 4.79 Å². The van der Waals surface area contributed by atoms with Crippen molar-refractivity contribution in [2.75, 3.05) is 5.32 Å². The number of nitrogens with zero attached hydrogens (tertiary/aromatic N) is 5. The third kappa shape index (κ3) is 3.79. The molecule has 1 saturated carbocycles. The monoisotopic (exact) mass is 467 g/mol. The minimum absolute atomic E-state index is 0.00408. The van der Waals surface area contributed by atoms with Gasteiger partial charge in [0.2, 0.25) is 5.95 Å². The number of imidazole rings is 1. The van der Waals surface area contributed by atoms with Crippen LogP contribution in [0.25, 0.3) is 17.1 Å². The van der Waals surface area contributed by atoms with E-state index in [-0.39, 0.29) is 11.9 Å². The summed E-state index contributed by atoms with van der Waals surface area (Å²) in [4.78, 5) is 21.6. The molecule has 3 heterocycles. The van der Waals surface area contributed by atoms with Crippen molar-refractivity contribution in [3.63, 3.8) is 0 Å². The van der Waals surface area contributed by atoms with Gasteiger partial charge in [-0.15, -0.1) is 5.10 Å². The van der Waals surface area contributed by atoms with Crippen LogP contribution in [0.5, 0.6) is 0 Å². The van der Waals surface area contributed by atoms with E-state index in [4.69, 9.17) is 10.1 Å².